The van der Waals surface area contributed by atoms with Crippen molar-refractivity contribution in [3.63, 3.8) is 0 Å². The van der Waals surface area contributed by atoms with Gasteiger partial charge < -0.3 is 10.5 Å². The molecule has 0 spiro atoms. The standard InChI is InChI=1S/C17H20ClNO/c1-12-7-13(2)9-14(8-12)10-16(19)11-20-17-5-3-15(18)4-6-17/h3-9,16H,10-11,19H2,1-2H3. The van der Waals surface area contributed by atoms with Crippen molar-refractivity contribution in [3.05, 3.63) is 64.2 Å². The van der Waals surface area contributed by atoms with Crippen molar-refractivity contribution in [2.24, 2.45) is 5.73 Å². The van der Waals surface area contributed by atoms with Crippen LogP contribution in [0, 0.1) is 13.8 Å². The molecule has 3 heteroatoms. The van der Waals surface area contributed by atoms with E-state index in [4.69, 9.17) is 22.1 Å². The second-order valence-corrected chi connectivity index (χ2v) is 5.66. The SMILES string of the molecule is Cc1cc(C)cc(CC(N)COc2ccc(Cl)cc2)c1. The smallest absolute Gasteiger partial charge is 0.119 e. The zero-order valence-electron chi connectivity index (χ0n) is 11.9. The van der Waals surface area contributed by atoms with E-state index in [0.29, 0.717) is 11.6 Å². The molecule has 1 atom stereocenters. The van der Waals surface area contributed by atoms with Crippen LogP contribution in [-0.4, -0.2) is 12.6 Å². The number of hydrogen-bond acceptors (Lipinski definition) is 2. The van der Waals surface area contributed by atoms with Gasteiger partial charge in [-0.25, -0.2) is 0 Å². The van der Waals surface area contributed by atoms with E-state index in [-0.39, 0.29) is 6.04 Å². The van der Waals surface area contributed by atoms with E-state index in [0.717, 1.165) is 12.2 Å². The van der Waals surface area contributed by atoms with Gasteiger partial charge in [-0.05, 0) is 50.1 Å². The van der Waals surface area contributed by atoms with Crippen LogP contribution in [0.25, 0.3) is 0 Å². The molecule has 0 heterocycles. The lowest BCUT2D eigenvalue weighted by atomic mass is 10.0. The minimum atomic E-state index is -0.0214. The molecular formula is C17H20ClNO. The highest BCUT2D eigenvalue weighted by atomic mass is 35.5. The number of benzene rings is 2. The molecule has 1 unspecified atom stereocenters. The highest BCUT2D eigenvalue weighted by Crippen LogP contribution is 2.16. The maximum atomic E-state index is 6.13. The third-order valence-electron chi connectivity index (χ3n) is 3.06. The van der Waals surface area contributed by atoms with Crippen molar-refractivity contribution in [2.45, 2.75) is 26.3 Å². The summed E-state index contributed by atoms with van der Waals surface area (Å²) in [5.41, 5.74) is 9.93. The minimum absolute atomic E-state index is 0.0214. The molecule has 0 aromatic heterocycles. The molecule has 0 saturated heterocycles. The third-order valence-corrected chi connectivity index (χ3v) is 3.31. The summed E-state index contributed by atoms with van der Waals surface area (Å²) in [6, 6.07) is 13.8. The third kappa shape index (κ3) is 4.55. The fourth-order valence-electron chi connectivity index (χ4n) is 2.28. The van der Waals surface area contributed by atoms with Crippen molar-refractivity contribution < 1.29 is 4.74 Å². The Balaban J connectivity index is 1.88. The molecule has 0 aliphatic rings. The van der Waals surface area contributed by atoms with E-state index in [2.05, 4.69) is 32.0 Å². The van der Waals surface area contributed by atoms with Gasteiger partial charge in [0.25, 0.3) is 0 Å². The molecule has 0 fully saturated rings. The lowest BCUT2D eigenvalue weighted by Gasteiger charge is -2.14. The van der Waals surface area contributed by atoms with Crippen LogP contribution >= 0.6 is 11.6 Å². The molecule has 106 valence electrons. The number of aryl methyl sites for hydroxylation is 2. The lowest BCUT2D eigenvalue weighted by molar-refractivity contribution is 0.287. The van der Waals surface area contributed by atoms with Crippen molar-refractivity contribution in [1.82, 2.24) is 0 Å². The molecule has 2 N–H and O–H groups in total. The first-order chi connectivity index (χ1) is 9.52. The van der Waals surface area contributed by atoms with E-state index in [1.54, 1.807) is 0 Å². The van der Waals surface area contributed by atoms with Gasteiger partial charge in [-0.2, -0.15) is 0 Å². The summed E-state index contributed by atoms with van der Waals surface area (Å²) >= 11 is 5.83. The molecule has 2 aromatic carbocycles. The monoisotopic (exact) mass is 289 g/mol. The summed E-state index contributed by atoms with van der Waals surface area (Å²) in [4.78, 5) is 0. The van der Waals surface area contributed by atoms with Gasteiger partial charge in [0.1, 0.15) is 12.4 Å². The molecule has 0 amide bonds. The van der Waals surface area contributed by atoms with Gasteiger partial charge >= 0.3 is 0 Å². The van der Waals surface area contributed by atoms with Crippen molar-refractivity contribution in [1.29, 1.82) is 0 Å². The molecule has 20 heavy (non-hydrogen) atoms. The quantitative estimate of drug-likeness (QED) is 0.906. The molecule has 0 radical (unpaired) electrons. The first-order valence-corrected chi connectivity index (χ1v) is 7.12. The average Bonchev–Trinajstić information content (AvgIpc) is 2.37. The summed E-state index contributed by atoms with van der Waals surface area (Å²) in [5.74, 6) is 0.797. The molecule has 0 bridgehead atoms. The number of hydrogen-bond donors (Lipinski definition) is 1. The van der Waals surface area contributed by atoms with Crippen LogP contribution in [0.4, 0.5) is 0 Å². The van der Waals surface area contributed by atoms with Gasteiger partial charge in [0.15, 0.2) is 0 Å². The molecule has 2 rings (SSSR count). The zero-order chi connectivity index (χ0) is 14.5. The Kier molecular flexibility index (Phi) is 5.05. The Bertz CT molecular complexity index is 545. The van der Waals surface area contributed by atoms with Gasteiger partial charge in [0.05, 0.1) is 0 Å². The Morgan fingerprint density at radius 1 is 1.05 bits per heavy atom. The highest BCUT2D eigenvalue weighted by molar-refractivity contribution is 6.30. The fraction of sp³-hybridized carbons (Fsp3) is 0.294. The predicted octanol–water partition coefficient (Wildman–Crippen LogP) is 3.91. The number of halogens is 1. The van der Waals surface area contributed by atoms with Gasteiger partial charge in [0.2, 0.25) is 0 Å². The van der Waals surface area contributed by atoms with Crippen LogP contribution in [0.1, 0.15) is 16.7 Å². The first-order valence-electron chi connectivity index (χ1n) is 6.74. The van der Waals surface area contributed by atoms with Crippen LogP contribution < -0.4 is 10.5 Å². The summed E-state index contributed by atoms with van der Waals surface area (Å²) in [6.45, 7) is 4.70. The van der Waals surface area contributed by atoms with Crippen LogP contribution in [0.5, 0.6) is 5.75 Å². The summed E-state index contributed by atoms with van der Waals surface area (Å²) < 4.78 is 5.67. The second-order valence-electron chi connectivity index (χ2n) is 5.23. The highest BCUT2D eigenvalue weighted by Gasteiger charge is 2.06. The fourth-order valence-corrected chi connectivity index (χ4v) is 2.41. The minimum Gasteiger partial charge on any atom is -0.492 e. The van der Waals surface area contributed by atoms with E-state index >= 15 is 0 Å². The first kappa shape index (κ1) is 14.9. The van der Waals surface area contributed by atoms with E-state index in [1.807, 2.05) is 24.3 Å². The van der Waals surface area contributed by atoms with Crippen LogP contribution in [-0.2, 0) is 6.42 Å². The summed E-state index contributed by atoms with van der Waals surface area (Å²) in [6.07, 6.45) is 0.816. The van der Waals surface area contributed by atoms with Crippen molar-refractivity contribution >= 4 is 11.6 Å². The number of rotatable bonds is 5. The van der Waals surface area contributed by atoms with Crippen LogP contribution in [0.2, 0.25) is 5.02 Å². The van der Waals surface area contributed by atoms with Gasteiger partial charge in [-0.3, -0.25) is 0 Å². The van der Waals surface area contributed by atoms with Crippen molar-refractivity contribution in [3.8, 4) is 5.75 Å². The summed E-state index contributed by atoms with van der Waals surface area (Å²) in [7, 11) is 0. The Labute approximate surface area is 125 Å². The van der Waals surface area contributed by atoms with Gasteiger partial charge in [0, 0.05) is 11.1 Å². The van der Waals surface area contributed by atoms with Crippen molar-refractivity contribution in [2.75, 3.05) is 6.61 Å². The Morgan fingerprint density at radius 2 is 1.65 bits per heavy atom. The Hall–Kier alpha value is -1.51. The van der Waals surface area contributed by atoms with E-state index < -0.39 is 0 Å². The largest absolute Gasteiger partial charge is 0.492 e. The zero-order valence-corrected chi connectivity index (χ0v) is 12.7. The number of nitrogens with two attached hydrogens (primary N) is 1. The molecule has 2 aromatic rings. The second kappa shape index (κ2) is 6.78. The van der Waals surface area contributed by atoms with Crippen LogP contribution in [0.3, 0.4) is 0 Å². The normalized spacial score (nSPS) is 12.2. The average molecular weight is 290 g/mol. The maximum Gasteiger partial charge on any atom is 0.119 e. The molecule has 0 saturated carbocycles. The maximum absolute atomic E-state index is 6.13. The van der Waals surface area contributed by atoms with E-state index in [9.17, 15) is 0 Å². The topological polar surface area (TPSA) is 35.2 Å². The molecule has 2 nitrogen and oxygen atoms in total. The summed E-state index contributed by atoms with van der Waals surface area (Å²) in [5, 5.41) is 0.705. The molecule has 0 aliphatic carbocycles. The van der Waals surface area contributed by atoms with Gasteiger partial charge in [-0.15, -0.1) is 0 Å². The Morgan fingerprint density at radius 3 is 2.25 bits per heavy atom. The lowest BCUT2D eigenvalue weighted by Crippen LogP contribution is -2.30. The van der Waals surface area contributed by atoms with Gasteiger partial charge in [-0.1, -0.05) is 40.9 Å². The molecule has 0 aliphatic heterocycles. The van der Waals surface area contributed by atoms with E-state index in [1.165, 1.54) is 16.7 Å². The molecular weight excluding hydrogens is 270 g/mol. The predicted molar refractivity (Wildman–Crippen MR) is 84.5 cm³/mol. The number of ether oxygens (including phenoxy) is 1. The van der Waals surface area contributed by atoms with Crippen LogP contribution in [0.15, 0.2) is 42.5 Å².